The number of carbonyl (C=O) groups excluding carboxylic acids is 1. The van der Waals surface area contributed by atoms with Crippen molar-refractivity contribution in [2.45, 2.75) is 19.1 Å². The smallest absolute Gasteiger partial charge is 0.264 e. The van der Waals surface area contributed by atoms with Crippen LogP contribution in [0.15, 0.2) is 42.6 Å². The van der Waals surface area contributed by atoms with Crippen LogP contribution >= 0.6 is 11.3 Å². The molecule has 4 heterocycles. The average Bonchev–Trinajstić information content (AvgIpc) is 3.37. The fourth-order valence-corrected chi connectivity index (χ4v) is 4.80. The molecule has 1 aromatic carbocycles. The maximum absolute atomic E-state index is 12.8. The number of likely N-dealkylation sites (tertiary alicyclic amines) is 1. The molecule has 0 spiro atoms. The Morgan fingerprint density at radius 3 is 2.79 bits per heavy atom. The molecule has 3 aromatic heterocycles. The number of aliphatic hydroxyl groups excluding tert-OH is 2. The molecule has 1 fully saturated rings. The highest BCUT2D eigenvalue weighted by Gasteiger charge is 2.33. The van der Waals surface area contributed by atoms with Crippen molar-refractivity contribution in [3.63, 3.8) is 0 Å². The van der Waals surface area contributed by atoms with Crippen LogP contribution in [0.1, 0.15) is 15.4 Å². The van der Waals surface area contributed by atoms with Gasteiger partial charge in [0.2, 0.25) is 0 Å². The van der Waals surface area contributed by atoms with E-state index in [1.54, 1.807) is 12.3 Å². The van der Waals surface area contributed by atoms with Gasteiger partial charge in [-0.1, -0.05) is 0 Å². The highest BCUT2D eigenvalue weighted by atomic mass is 32.1. The molecule has 29 heavy (non-hydrogen) atoms. The Kier molecular flexibility index (Phi) is 4.27. The Labute approximate surface area is 170 Å². The van der Waals surface area contributed by atoms with Crippen molar-refractivity contribution >= 4 is 49.7 Å². The number of anilines is 2. The van der Waals surface area contributed by atoms with E-state index in [-0.39, 0.29) is 19.0 Å². The summed E-state index contributed by atoms with van der Waals surface area (Å²) in [4.78, 5) is 22.5. The van der Waals surface area contributed by atoms with E-state index in [0.717, 1.165) is 38.2 Å². The van der Waals surface area contributed by atoms with Gasteiger partial charge in [0, 0.05) is 41.6 Å². The standard InChI is InChI=1S/C21H20N4O3S/c1-11-6-12-7-13(2-3-14(12)23-11)24-15-4-5-22-16-8-19(29-20(15)16)21(28)25-9-17(26)18(27)10-25/h2-8,17-18,23,26-27H,9-10H2,1H3,(H,22,24). The predicted octanol–water partition coefficient (Wildman–Crippen LogP) is 3.01. The number of hydrogen-bond donors (Lipinski definition) is 4. The second kappa shape index (κ2) is 6.84. The summed E-state index contributed by atoms with van der Waals surface area (Å²) >= 11 is 1.36. The topological polar surface area (TPSA) is 101 Å². The van der Waals surface area contributed by atoms with Gasteiger partial charge in [-0.15, -0.1) is 11.3 Å². The summed E-state index contributed by atoms with van der Waals surface area (Å²) in [6.07, 6.45) is -0.0696. The van der Waals surface area contributed by atoms with Crippen LogP contribution in [0.3, 0.4) is 0 Å². The van der Waals surface area contributed by atoms with E-state index >= 15 is 0 Å². The number of H-pyrrole nitrogens is 1. The number of aryl methyl sites for hydroxylation is 1. The zero-order valence-electron chi connectivity index (χ0n) is 15.7. The van der Waals surface area contributed by atoms with Gasteiger partial charge in [-0.25, -0.2) is 0 Å². The normalized spacial score (nSPS) is 19.3. The number of aromatic nitrogens is 2. The third kappa shape index (κ3) is 3.25. The number of amides is 1. The number of aromatic amines is 1. The van der Waals surface area contributed by atoms with Gasteiger partial charge in [0.05, 0.1) is 33.0 Å². The number of fused-ring (bicyclic) bond motifs is 2. The molecular weight excluding hydrogens is 388 g/mol. The van der Waals surface area contributed by atoms with Gasteiger partial charge in [-0.3, -0.25) is 9.78 Å². The fourth-order valence-electron chi connectivity index (χ4n) is 3.74. The van der Waals surface area contributed by atoms with Crippen molar-refractivity contribution in [3.05, 3.63) is 53.2 Å². The summed E-state index contributed by atoms with van der Waals surface area (Å²) in [5.41, 5.74) is 4.78. The first-order valence-electron chi connectivity index (χ1n) is 9.38. The minimum atomic E-state index is -0.893. The molecule has 1 aliphatic heterocycles. The van der Waals surface area contributed by atoms with E-state index in [0.29, 0.717) is 4.88 Å². The number of nitrogens with zero attached hydrogens (tertiary/aromatic N) is 2. The molecule has 148 valence electrons. The van der Waals surface area contributed by atoms with E-state index in [1.165, 1.54) is 16.2 Å². The van der Waals surface area contributed by atoms with Crippen molar-refractivity contribution in [3.8, 4) is 0 Å². The number of benzene rings is 1. The molecule has 0 radical (unpaired) electrons. The number of pyridine rings is 1. The lowest BCUT2D eigenvalue weighted by molar-refractivity contribution is 0.0572. The number of β-amino-alcohol motifs (C(OH)–C–C–N with tert-alkyl or cyclic N) is 2. The number of carbonyl (C=O) groups is 1. The lowest BCUT2D eigenvalue weighted by Gasteiger charge is -2.13. The van der Waals surface area contributed by atoms with Crippen LogP contribution in [0.25, 0.3) is 21.1 Å². The molecular formula is C21H20N4O3S. The van der Waals surface area contributed by atoms with Crippen LogP contribution in [-0.4, -0.2) is 56.3 Å². The predicted molar refractivity (Wildman–Crippen MR) is 114 cm³/mol. The van der Waals surface area contributed by atoms with E-state index in [1.807, 2.05) is 25.1 Å². The second-order valence-electron chi connectivity index (χ2n) is 7.41. The maximum Gasteiger partial charge on any atom is 0.264 e. The summed E-state index contributed by atoms with van der Waals surface area (Å²) < 4.78 is 0.890. The molecule has 2 unspecified atom stereocenters. The SMILES string of the molecule is Cc1cc2cc(Nc3ccnc4cc(C(=O)N5CC(O)C(O)C5)sc34)ccc2[nH]1. The Morgan fingerprint density at radius 1 is 1.21 bits per heavy atom. The van der Waals surface area contributed by atoms with Crippen molar-refractivity contribution < 1.29 is 15.0 Å². The zero-order valence-corrected chi connectivity index (χ0v) is 16.5. The summed E-state index contributed by atoms with van der Waals surface area (Å²) in [6, 6.07) is 11.9. The van der Waals surface area contributed by atoms with Gasteiger partial charge in [-0.05, 0) is 43.3 Å². The van der Waals surface area contributed by atoms with Gasteiger partial charge in [0.15, 0.2) is 0 Å². The van der Waals surface area contributed by atoms with Crippen LogP contribution in [0.4, 0.5) is 11.4 Å². The van der Waals surface area contributed by atoms with Gasteiger partial charge in [0.1, 0.15) is 0 Å². The Morgan fingerprint density at radius 2 is 2.00 bits per heavy atom. The number of thiophene rings is 1. The second-order valence-corrected chi connectivity index (χ2v) is 8.46. The van der Waals surface area contributed by atoms with Gasteiger partial charge in [0.25, 0.3) is 5.91 Å². The van der Waals surface area contributed by atoms with E-state index in [9.17, 15) is 15.0 Å². The first kappa shape index (κ1) is 18.1. The van der Waals surface area contributed by atoms with E-state index in [4.69, 9.17) is 0 Å². The molecule has 4 N–H and O–H groups in total. The minimum Gasteiger partial charge on any atom is -0.388 e. The van der Waals surface area contributed by atoms with E-state index in [2.05, 4.69) is 27.4 Å². The molecule has 0 saturated carbocycles. The van der Waals surface area contributed by atoms with Gasteiger partial charge in [-0.2, -0.15) is 0 Å². The molecule has 1 saturated heterocycles. The first-order chi connectivity index (χ1) is 14.0. The van der Waals surface area contributed by atoms with Crippen LogP contribution < -0.4 is 5.32 Å². The summed E-state index contributed by atoms with van der Waals surface area (Å²) in [5.74, 6) is -0.196. The van der Waals surface area contributed by atoms with Crippen molar-refractivity contribution in [1.29, 1.82) is 0 Å². The molecule has 4 aromatic rings. The number of nitrogens with one attached hydrogen (secondary N) is 2. The molecule has 7 nitrogen and oxygen atoms in total. The van der Waals surface area contributed by atoms with E-state index < -0.39 is 12.2 Å². The monoisotopic (exact) mass is 408 g/mol. The summed E-state index contributed by atoms with van der Waals surface area (Å²) in [5, 5.41) is 24.0. The molecule has 0 aliphatic carbocycles. The summed E-state index contributed by atoms with van der Waals surface area (Å²) in [6.45, 7) is 2.31. The molecule has 1 aliphatic rings. The maximum atomic E-state index is 12.8. The van der Waals surface area contributed by atoms with Crippen LogP contribution in [0.5, 0.6) is 0 Å². The third-order valence-corrected chi connectivity index (χ3v) is 6.35. The molecule has 1 amide bonds. The fraction of sp³-hybridized carbons (Fsp3) is 0.238. The highest BCUT2D eigenvalue weighted by Crippen LogP contribution is 2.34. The molecule has 2 atom stereocenters. The molecule has 8 heteroatoms. The van der Waals surface area contributed by atoms with Crippen molar-refractivity contribution in [1.82, 2.24) is 14.9 Å². The van der Waals surface area contributed by atoms with Crippen LogP contribution in [0.2, 0.25) is 0 Å². The van der Waals surface area contributed by atoms with Crippen molar-refractivity contribution in [2.75, 3.05) is 18.4 Å². The van der Waals surface area contributed by atoms with Gasteiger partial charge < -0.3 is 25.4 Å². The lowest BCUT2D eigenvalue weighted by Crippen LogP contribution is -2.29. The zero-order chi connectivity index (χ0) is 20.1. The first-order valence-corrected chi connectivity index (χ1v) is 10.2. The summed E-state index contributed by atoms with van der Waals surface area (Å²) in [7, 11) is 0. The van der Waals surface area contributed by atoms with Crippen molar-refractivity contribution in [2.24, 2.45) is 0 Å². The average molecular weight is 408 g/mol. The van der Waals surface area contributed by atoms with Crippen LogP contribution in [-0.2, 0) is 0 Å². The molecule has 5 rings (SSSR count). The minimum absolute atomic E-state index is 0.142. The number of aliphatic hydroxyl groups is 2. The molecule has 0 bridgehead atoms. The Bertz CT molecular complexity index is 1220. The third-order valence-electron chi connectivity index (χ3n) is 5.20. The van der Waals surface area contributed by atoms with Gasteiger partial charge >= 0.3 is 0 Å². The largest absolute Gasteiger partial charge is 0.388 e. The highest BCUT2D eigenvalue weighted by molar-refractivity contribution is 7.21. The van der Waals surface area contributed by atoms with Crippen LogP contribution in [0, 0.1) is 6.92 Å². The quantitative estimate of drug-likeness (QED) is 0.417. The Hall–Kier alpha value is -2.94. The lowest BCUT2D eigenvalue weighted by atomic mass is 10.2. The Balaban J connectivity index is 1.46. The number of hydrogen-bond acceptors (Lipinski definition) is 6. The number of rotatable bonds is 3.